The fraction of sp³-hybridized carbons (Fsp3) is 0.438. The highest BCUT2D eigenvalue weighted by Gasteiger charge is 2.36. The van der Waals surface area contributed by atoms with Gasteiger partial charge in [0.15, 0.2) is 0 Å². The molecule has 0 aliphatic heterocycles. The highest BCUT2D eigenvalue weighted by atomic mass is 16.5. The molecule has 20 heavy (non-hydrogen) atoms. The molecular formula is C16H20N2O2. The van der Waals surface area contributed by atoms with Crippen LogP contribution in [0.15, 0.2) is 42.7 Å². The molecular weight excluding hydrogens is 252 g/mol. The summed E-state index contributed by atoms with van der Waals surface area (Å²) in [6, 6.07) is 10.2. The van der Waals surface area contributed by atoms with E-state index in [-0.39, 0.29) is 0 Å². The highest BCUT2D eigenvalue weighted by molar-refractivity contribution is 5.21. The summed E-state index contributed by atoms with van der Waals surface area (Å²) in [6.45, 7) is 0. The van der Waals surface area contributed by atoms with Crippen LogP contribution in [0.1, 0.15) is 37.4 Å². The summed E-state index contributed by atoms with van der Waals surface area (Å²) in [5.74, 6) is 0.559. The van der Waals surface area contributed by atoms with Gasteiger partial charge in [0.05, 0.1) is 12.8 Å². The Labute approximate surface area is 119 Å². The lowest BCUT2D eigenvalue weighted by Gasteiger charge is -2.36. The van der Waals surface area contributed by atoms with Crippen molar-refractivity contribution in [3.05, 3.63) is 48.4 Å². The van der Waals surface area contributed by atoms with Crippen molar-refractivity contribution in [3.8, 4) is 5.88 Å². The van der Waals surface area contributed by atoms with Crippen molar-refractivity contribution in [2.75, 3.05) is 7.11 Å². The molecule has 1 saturated carbocycles. The van der Waals surface area contributed by atoms with Gasteiger partial charge in [-0.1, -0.05) is 6.07 Å². The third-order valence-electron chi connectivity index (χ3n) is 4.24. The summed E-state index contributed by atoms with van der Waals surface area (Å²) in [4.78, 5) is 4.40. The molecule has 1 aliphatic carbocycles. The molecule has 0 saturated heterocycles. The van der Waals surface area contributed by atoms with Gasteiger partial charge < -0.3 is 14.4 Å². The first-order chi connectivity index (χ1) is 9.71. The number of hydrogen-bond donors (Lipinski definition) is 1. The highest BCUT2D eigenvalue weighted by Crippen LogP contribution is 2.40. The maximum absolute atomic E-state index is 10.9. The number of rotatable bonds is 3. The van der Waals surface area contributed by atoms with Gasteiger partial charge in [0, 0.05) is 24.5 Å². The minimum atomic E-state index is -0.821. The van der Waals surface area contributed by atoms with Gasteiger partial charge in [-0.3, -0.25) is 0 Å². The van der Waals surface area contributed by atoms with E-state index in [1.54, 1.807) is 13.2 Å². The van der Waals surface area contributed by atoms with Gasteiger partial charge in [-0.2, -0.15) is 0 Å². The van der Waals surface area contributed by atoms with Crippen LogP contribution in [-0.2, 0) is 5.60 Å². The zero-order valence-electron chi connectivity index (χ0n) is 11.7. The molecule has 1 fully saturated rings. The Bertz CT molecular complexity index is 558. The van der Waals surface area contributed by atoms with Gasteiger partial charge in [0.25, 0.3) is 0 Å². The molecule has 4 nitrogen and oxygen atoms in total. The Balaban J connectivity index is 1.75. The average molecular weight is 272 g/mol. The van der Waals surface area contributed by atoms with Crippen LogP contribution in [0.25, 0.3) is 0 Å². The molecule has 2 aromatic heterocycles. The van der Waals surface area contributed by atoms with E-state index in [9.17, 15) is 5.11 Å². The topological polar surface area (TPSA) is 47.3 Å². The smallest absolute Gasteiger partial charge is 0.213 e. The van der Waals surface area contributed by atoms with Gasteiger partial charge in [0.2, 0.25) is 5.88 Å². The molecule has 0 amide bonds. The molecule has 1 aliphatic rings. The largest absolute Gasteiger partial charge is 0.481 e. The van der Waals surface area contributed by atoms with E-state index in [1.165, 1.54) is 0 Å². The predicted molar refractivity (Wildman–Crippen MR) is 76.6 cm³/mol. The molecule has 1 N–H and O–H groups in total. The molecule has 0 radical (unpaired) electrons. The monoisotopic (exact) mass is 272 g/mol. The van der Waals surface area contributed by atoms with E-state index in [0.717, 1.165) is 31.4 Å². The Kier molecular flexibility index (Phi) is 3.49. The van der Waals surface area contributed by atoms with Crippen molar-refractivity contribution in [1.82, 2.24) is 9.55 Å². The lowest BCUT2D eigenvalue weighted by Crippen LogP contribution is -2.33. The summed E-state index contributed by atoms with van der Waals surface area (Å²) in [7, 11) is 1.60. The lowest BCUT2D eigenvalue weighted by molar-refractivity contribution is -0.0164. The standard InChI is InChI=1S/C16H20N2O2/c1-20-15-6-4-5-14(17-15)16(19)9-7-13(8-10-16)18-11-2-3-12-18/h2-6,11-13,19H,7-10H2,1H3. The van der Waals surface area contributed by atoms with Gasteiger partial charge in [-0.15, -0.1) is 0 Å². The fourth-order valence-corrected chi connectivity index (χ4v) is 3.01. The molecule has 0 atom stereocenters. The number of ether oxygens (including phenoxy) is 1. The zero-order chi connectivity index (χ0) is 14.0. The maximum atomic E-state index is 10.9. The van der Waals surface area contributed by atoms with Crippen LogP contribution in [0.5, 0.6) is 5.88 Å². The van der Waals surface area contributed by atoms with Crippen molar-refractivity contribution in [1.29, 1.82) is 0 Å². The van der Waals surface area contributed by atoms with Crippen LogP contribution in [0, 0.1) is 0 Å². The predicted octanol–water partition coefficient (Wildman–Crippen LogP) is 2.89. The first-order valence-electron chi connectivity index (χ1n) is 7.08. The number of pyridine rings is 1. The molecule has 106 valence electrons. The first-order valence-corrected chi connectivity index (χ1v) is 7.08. The summed E-state index contributed by atoms with van der Waals surface area (Å²) >= 11 is 0. The number of aliphatic hydroxyl groups is 1. The number of methoxy groups -OCH3 is 1. The van der Waals surface area contributed by atoms with Gasteiger partial charge >= 0.3 is 0 Å². The Morgan fingerprint density at radius 2 is 1.90 bits per heavy atom. The van der Waals surface area contributed by atoms with E-state index in [1.807, 2.05) is 24.3 Å². The number of aromatic nitrogens is 2. The van der Waals surface area contributed by atoms with Crippen LogP contribution in [0.4, 0.5) is 0 Å². The van der Waals surface area contributed by atoms with E-state index in [2.05, 4.69) is 21.9 Å². The van der Waals surface area contributed by atoms with Crippen LogP contribution in [0.3, 0.4) is 0 Å². The number of nitrogens with zero attached hydrogens (tertiary/aromatic N) is 2. The molecule has 0 unspecified atom stereocenters. The molecule has 4 heteroatoms. The zero-order valence-corrected chi connectivity index (χ0v) is 11.7. The van der Waals surface area contributed by atoms with E-state index in [0.29, 0.717) is 11.9 Å². The van der Waals surface area contributed by atoms with Crippen molar-refractivity contribution >= 4 is 0 Å². The second kappa shape index (κ2) is 5.29. The van der Waals surface area contributed by atoms with E-state index < -0.39 is 5.60 Å². The van der Waals surface area contributed by atoms with Gasteiger partial charge in [-0.25, -0.2) is 4.98 Å². The molecule has 2 heterocycles. The first kappa shape index (κ1) is 13.2. The second-order valence-electron chi connectivity index (χ2n) is 5.46. The molecule has 0 aromatic carbocycles. The average Bonchev–Trinajstić information content (AvgIpc) is 3.02. The summed E-state index contributed by atoms with van der Waals surface area (Å²) < 4.78 is 7.38. The van der Waals surface area contributed by atoms with E-state index >= 15 is 0 Å². The van der Waals surface area contributed by atoms with E-state index in [4.69, 9.17) is 4.74 Å². The van der Waals surface area contributed by atoms with Crippen LogP contribution in [-0.4, -0.2) is 21.8 Å². The fourth-order valence-electron chi connectivity index (χ4n) is 3.01. The molecule has 3 rings (SSSR count). The molecule has 2 aromatic rings. The van der Waals surface area contributed by atoms with Gasteiger partial charge in [-0.05, 0) is 43.9 Å². The lowest BCUT2D eigenvalue weighted by atomic mass is 9.80. The molecule has 0 spiro atoms. The summed E-state index contributed by atoms with van der Waals surface area (Å²) in [5.41, 5.74) is -0.0964. The Morgan fingerprint density at radius 3 is 2.55 bits per heavy atom. The van der Waals surface area contributed by atoms with Crippen molar-refractivity contribution in [2.45, 2.75) is 37.3 Å². The Morgan fingerprint density at radius 1 is 1.20 bits per heavy atom. The third-order valence-corrected chi connectivity index (χ3v) is 4.24. The van der Waals surface area contributed by atoms with Gasteiger partial charge in [0.1, 0.15) is 5.60 Å². The van der Waals surface area contributed by atoms with Crippen molar-refractivity contribution < 1.29 is 9.84 Å². The second-order valence-corrected chi connectivity index (χ2v) is 5.46. The minimum Gasteiger partial charge on any atom is -0.481 e. The van der Waals surface area contributed by atoms with Crippen molar-refractivity contribution in [3.63, 3.8) is 0 Å². The van der Waals surface area contributed by atoms with Crippen LogP contribution >= 0.6 is 0 Å². The molecule has 0 bridgehead atoms. The van der Waals surface area contributed by atoms with Crippen molar-refractivity contribution in [2.24, 2.45) is 0 Å². The Hall–Kier alpha value is -1.81. The van der Waals surface area contributed by atoms with Crippen LogP contribution in [0.2, 0.25) is 0 Å². The summed E-state index contributed by atoms with van der Waals surface area (Å²) in [5, 5.41) is 10.9. The maximum Gasteiger partial charge on any atom is 0.213 e. The quantitative estimate of drug-likeness (QED) is 0.934. The minimum absolute atomic E-state index is 0.482. The summed E-state index contributed by atoms with van der Waals surface area (Å²) in [6.07, 6.45) is 7.58. The number of hydrogen-bond acceptors (Lipinski definition) is 3. The normalized spacial score (nSPS) is 26.4. The SMILES string of the molecule is COc1cccc(C2(O)CCC(n3cccc3)CC2)n1. The third kappa shape index (κ3) is 2.43. The van der Waals surface area contributed by atoms with Crippen LogP contribution < -0.4 is 4.74 Å².